The summed E-state index contributed by atoms with van der Waals surface area (Å²) in [6.45, 7) is 7.04. The molecule has 0 bridgehead atoms. The Kier molecular flexibility index (Phi) is 21.4. The molecule has 0 unspecified atom stereocenters. The Bertz CT molecular complexity index is 234. The van der Waals surface area contributed by atoms with Gasteiger partial charge < -0.3 is 28.4 Å². The first-order chi connectivity index (χ1) is 11.4. The van der Waals surface area contributed by atoms with Gasteiger partial charge in [-0.2, -0.15) is 0 Å². The summed E-state index contributed by atoms with van der Waals surface area (Å²) < 4.78 is 35.7. The molecule has 1 rings (SSSR count). The van der Waals surface area contributed by atoms with Gasteiger partial charge in [0.15, 0.2) is 0 Å². The van der Waals surface area contributed by atoms with Gasteiger partial charge in [-0.15, -0.1) is 0 Å². The molecule has 1 aliphatic heterocycles. The minimum absolute atomic E-state index is 0.586. The van der Waals surface area contributed by atoms with Crippen molar-refractivity contribution in [2.24, 2.45) is 0 Å². The van der Waals surface area contributed by atoms with Crippen molar-refractivity contribution in [3.8, 4) is 7.16 Å². The van der Waals surface area contributed by atoms with Crippen LogP contribution in [0.4, 0.5) is 0 Å². The summed E-state index contributed by atoms with van der Waals surface area (Å²) in [5.41, 5.74) is 0. The predicted molar refractivity (Wildman–Crippen MR) is 76.1 cm³/mol. The standard InChI is InChI=1S/C12H24O6.2CN.Hg/c1-2-14-5-6-16-9-10-18-12-11-17-8-7-15-4-3-13-1;2*1-2;/h1-12H2;;;. The van der Waals surface area contributed by atoms with Crippen LogP contribution in [0.3, 0.4) is 0 Å². The molecule has 0 aromatic carbocycles. The molecule has 128 valence electrons. The zero-order valence-corrected chi connectivity index (χ0v) is 19.0. The number of nitriles is 2. The van der Waals surface area contributed by atoms with E-state index in [1.165, 1.54) is 0 Å². The van der Waals surface area contributed by atoms with Crippen molar-refractivity contribution in [3.63, 3.8) is 0 Å². The number of hydrogen-bond donors (Lipinski definition) is 0. The molecular formula is C14H24HgN2O6. The molecule has 0 aromatic heterocycles. The summed E-state index contributed by atoms with van der Waals surface area (Å²) in [4.78, 5) is 0. The van der Waals surface area contributed by atoms with E-state index in [0.29, 0.717) is 79.3 Å². The summed E-state index contributed by atoms with van der Waals surface area (Å²) in [5, 5.41) is 15.4. The van der Waals surface area contributed by atoms with Crippen molar-refractivity contribution in [3.05, 3.63) is 0 Å². The van der Waals surface area contributed by atoms with Crippen molar-refractivity contribution in [1.29, 1.82) is 10.5 Å². The maximum atomic E-state index is 7.69. The fourth-order valence-electron chi connectivity index (χ4n) is 1.35. The quantitative estimate of drug-likeness (QED) is 0.419. The Labute approximate surface area is 150 Å². The van der Waals surface area contributed by atoms with Gasteiger partial charge in [0.2, 0.25) is 0 Å². The van der Waals surface area contributed by atoms with E-state index in [1.54, 1.807) is 0 Å². The number of ether oxygens (including phenoxy) is 6. The van der Waals surface area contributed by atoms with Crippen molar-refractivity contribution in [2.45, 2.75) is 0 Å². The average molecular weight is 517 g/mol. The molecule has 0 aromatic rings. The van der Waals surface area contributed by atoms with Crippen molar-refractivity contribution in [1.82, 2.24) is 0 Å². The van der Waals surface area contributed by atoms with E-state index < -0.39 is 24.6 Å². The molecule has 1 fully saturated rings. The topological polar surface area (TPSA) is 103 Å². The van der Waals surface area contributed by atoms with Gasteiger partial charge in [0, 0.05) is 0 Å². The van der Waals surface area contributed by atoms with Crippen LogP contribution >= 0.6 is 0 Å². The molecule has 1 heterocycles. The Morgan fingerprint density at radius 1 is 0.435 bits per heavy atom. The first-order valence-electron chi connectivity index (χ1n) is 7.62. The normalized spacial score (nSPS) is 19.4. The van der Waals surface area contributed by atoms with E-state index in [2.05, 4.69) is 0 Å². The average Bonchev–Trinajstić information content (AvgIpc) is 2.56. The van der Waals surface area contributed by atoms with Crippen LogP contribution in [-0.2, 0) is 53.0 Å². The van der Waals surface area contributed by atoms with Gasteiger partial charge in [0.1, 0.15) is 0 Å². The van der Waals surface area contributed by atoms with E-state index in [4.69, 9.17) is 38.9 Å². The fourth-order valence-corrected chi connectivity index (χ4v) is 1.63. The minimum atomic E-state index is -1.53. The van der Waals surface area contributed by atoms with Gasteiger partial charge in [0.05, 0.1) is 79.3 Å². The first kappa shape index (κ1) is 22.7. The van der Waals surface area contributed by atoms with Crippen LogP contribution in [0.25, 0.3) is 0 Å². The van der Waals surface area contributed by atoms with Crippen LogP contribution in [0, 0.1) is 17.7 Å². The van der Waals surface area contributed by atoms with Crippen LogP contribution in [0.5, 0.6) is 0 Å². The molecule has 8 nitrogen and oxygen atoms in total. The zero-order chi connectivity index (χ0) is 16.8. The van der Waals surface area contributed by atoms with Gasteiger partial charge in [-0.1, -0.05) is 0 Å². The van der Waals surface area contributed by atoms with Crippen molar-refractivity contribution in [2.75, 3.05) is 79.3 Å². The first-order valence-corrected chi connectivity index (χ1v) is 13.1. The van der Waals surface area contributed by atoms with E-state index in [0.717, 1.165) is 0 Å². The third-order valence-electron chi connectivity index (χ3n) is 2.39. The Morgan fingerprint density at radius 3 is 0.696 bits per heavy atom. The monoisotopic (exact) mass is 518 g/mol. The van der Waals surface area contributed by atoms with Crippen LogP contribution in [0.1, 0.15) is 0 Å². The molecule has 0 atom stereocenters. The molecular weight excluding hydrogens is 493 g/mol. The Balaban J connectivity index is 0.000000841. The number of hydrogen-bond acceptors (Lipinski definition) is 8. The molecule has 23 heavy (non-hydrogen) atoms. The van der Waals surface area contributed by atoms with Gasteiger partial charge in [-0.25, -0.2) is 0 Å². The van der Waals surface area contributed by atoms with Crippen molar-refractivity contribution >= 4 is 0 Å². The summed E-state index contributed by atoms with van der Waals surface area (Å²) in [6.07, 6.45) is 0. The summed E-state index contributed by atoms with van der Waals surface area (Å²) in [7, 11) is 0. The van der Waals surface area contributed by atoms with E-state index >= 15 is 0 Å². The van der Waals surface area contributed by atoms with E-state index in [1.807, 2.05) is 7.16 Å². The molecule has 0 saturated carbocycles. The molecule has 0 radical (unpaired) electrons. The number of nitrogens with zero attached hydrogens (tertiary/aromatic N) is 2. The van der Waals surface area contributed by atoms with Crippen LogP contribution in [0.15, 0.2) is 0 Å². The molecule has 1 saturated heterocycles. The van der Waals surface area contributed by atoms with Crippen molar-refractivity contribution < 1.29 is 53.0 Å². The summed E-state index contributed by atoms with van der Waals surface area (Å²) in [5.74, 6) is 0. The molecule has 9 heteroatoms. The third-order valence-corrected chi connectivity index (χ3v) is 3.62. The molecule has 0 aliphatic carbocycles. The van der Waals surface area contributed by atoms with E-state index in [9.17, 15) is 0 Å². The van der Waals surface area contributed by atoms with Crippen LogP contribution in [-0.4, -0.2) is 79.3 Å². The summed E-state index contributed by atoms with van der Waals surface area (Å²) in [6, 6.07) is 0. The Morgan fingerprint density at radius 2 is 0.609 bits per heavy atom. The van der Waals surface area contributed by atoms with Gasteiger partial charge in [-0.05, 0) is 0 Å². The maximum absolute atomic E-state index is 7.69. The second-order valence-electron chi connectivity index (χ2n) is 4.17. The second-order valence-corrected chi connectivity index (χ2v) is 8.00. The molecule has 0 amide bonds. The summed E-state index contributed by atoms with van der Waals surface area (Å²) >= 11 is -1.53. The fraction of sp³-hybridized carbons (Fsp3) is 0.857. The van der Waals surface area contributed by atoms with Gasteiger partial charge >= 0.3 is 42.3 Å². The Hall–Kier alpha value is -0.325. The van der Waals surface area contributed by atoms with Gasteiger partial charge in [0.25, 0.3) is 0 Å². The van der Waals surface area contributed by atoms with E-state index in [-0.39, 0.29) is 0 Å². The van der Waals surface area contributed by atoms with Crippen LogP contribution in [0.2, 0.25) is 0 Å². The molecule has 0 N–H and O–H groups in total. The predicted octanol–water partition coefficient (Wildman–Crippen LogP) is 0.131. The molecule has 0 spiro atoms. The zero-order valence-electron chi connectivity index (χ0n) is 13.5. The second kappa shape index (κ2) is 21.7. The SMILES string of the molecule is C1COCCOCCOCCOCCOCCO1.N#[C][Hg][C]#N. The van der Waals surface area contributed by atoms with Crippen LogP contribution < -0.4 is 0 Å². The number of rotatable bonds is 0. The van der Waals surface area contributed by atoms with Gasteiger partial charge in [-0.3, -0.25) is 0 Å². The third kappa shape index (κ3) is 21.7. The molecule has 1 aliphatic rings.